The van der Waals surface area contributed by atoms with Crippen LogP contribution in [0.3, 0.4) is 0 Å². The SMILES string of the molecule is CC1COC(C)P(=O)(OCCCCl)O1. The molecule has 3 unspecified atom stereocenters. The van der Waals surface area contributed by atoms with Gasteiger partial charge in [0, 0.05) is 5.88 Å². The summed E-state index contributed by atoms with van der Waals surface area (Å²) < 4.78 is 27.8. The number of alkyl halides is 1. The van der Waals surface area contributed by atoms with Gasteiger partial charge in [-0.25, -0.2) is 0 Å². The Kier molecular flexibility index (Phi) is 4.88. The Bertz CT molecular complexity index is 223. The molecule has 0 amide bonds. The molecule has 0 aromatic rings. The van der Waals surface area contributed by atoms with Crippen molar-refractivity contribution in [3.63, 3.8) is 0 Å². The third kappa shape index (κ3) is 3.21. The quantitative estimate of drug-likeness (QED) is 0.432. The largest absolute Gasteiger partial charge is 0.363 e. The van der Waals surface area contributed by atoms with E-state index in [0.717, 1.165) is 0 Å². The van der Waals surface area contributed by atoms with Gasteiger partial charge in [-0.2, -0.15) is 0 Å². The van der Waals surface area contributed by atoms with Crippen molar-refractivity contribution in [2.75, 3.05) is 19.1 Å². The maximum atomic E-state index is 12.0. The standard InChI is InChI=1S/C8H16ClO4P/c1-7-6-11-8(2)14(10,13-7)12-5-3-4-9/h7-8H,3-6H2,1-2H3. The molecule has 0 saturated carbocycles. The van der Waals surface area contributed by atoms with E-state index in [1.807, 2.05) is 6.92 Å². The molecule has 1 heterocycles. The number of rotatable bonds is 4. The zero-order valence-electron chi connectivity index (χ0n) is 8.44. The molecule has 3 atom stereocenters. The van der Waals surface area contributed by atoms with E-state index in [1.54, 1.807) is 6.92 Å². The lowest BCUT2D eigenvalue weighted by Gasteiger charge is -2.32. The van der Waals surface area contributed by atoms with E-state index in [0.29, 0.717) is 25.5 Å². The third-order valence-corrected chi connectivity index (χ3v) is 4.40. The van der Waals surface area contributed by atoms with Crippen molar-refractivity contribution in [3.8, 4) is 0 Å². The summed E-state index contributed by atoms with van der Waals surface area (Å²) in [5.74, 6) is 0.0131. The first-order valence-corrected chi connectivity index (χ1v) is 6.83. The molecule has 0 bridgehead atoms. The first-order valence-electron chi connectivity index (χ1n) is 4.68. The molecule has 1 aliphatic rings. The molecule has 0 aliphatic carbocycles. The van der Waals surface area contributed by atoms with E-state index in [-0.39, 0.29) is 6.10 Å². The number of hydrogen-bond acceptors (Lipinski definition) is 4. The molecule has 1 aliphatic heterocycles. The van der Waals surface area contributed by atoms with Crippen LogP contribution in [0.25, 0.3) is 0 Å². The Morgan fingerprint density at radius 3 is 2.93 bits per heavy atom. The lowest BCUT2D eigenvalue weighted by atomic mass is 10.4. The highest BCUT2D eigenvalue weighted by Crippen LogP contribution is 2.56. The fourth-order valence-corrected chi connectivity index (χ4v) is 2.88. The first-order chi connectivity index (χ1) is 6.58. The molecule has 6 heteroatoms. The molecule has 0 aromatic heterocycles. The molecular formula is C8H16ClO4P. The highest BCUT2D eigenvalue weighted by molar-refractivity contribution is 7.54. The van der Waals surface area contributed by atoms with Crippen molar-refractivity contribution in [1.82, 2.24) is 0 Å². The summed E-state index contributed by atoms with van der Waals surface area (Å²) in [5, 5.41) is 0. The molecule has 0 N–H and O–H groups in total. The lowest BCUT2D eigenvalue weighted by molar-refractivity contribution is -0.0180. The molecule has 4 nitrogen and oxygen atoms in total. The van der Waals surface area contributed by atoms with Crippen molar-refractivity contribution in [2.45, 2.75) is 32.2 Å². The average molecular weight is 243 g/mol. The van der Waals surface area contributed by atoms with Crippen molar-refractivity contribution in [1.29, 1.82) is 0 Å². The molecular weight excluding hydrogens is 227 g/mol. The predicted octanol–water partition coefficient (Wildman–Crippen LogP) is 2.61. The van der Waals surface area contributed by atoms with Crippen LogP contribution < -0.4 is 0 Å². The van der Waals surface area contributed by atoms with Crippen LogP contribution in [0.5, 0.6) is 0 Å². The maximum Gasteiger partial charge on any atom is 0.359 e. The molecule has 1 fully saturated rings. The minimum atomic E-state index is -3.07. The lowest BCUT2D eigenvalue weighted by Crippen LogP contribution is -2.29. The minimum absolute atomic E-state index is 0.173. The smallest absolute Gasteiger partial charge is 0.359 e. The molecule has 0 radical (unpaired) electrons. The highest BCUT2D eigenvalue weighted by atomic mass is 35.5. The predicted molar refractivity (Wildman–Crippen MR) is 54.9 cm³/mol. The summed E-state index contributed by atoms with van der Waals surface area (Å²) in [6.45, 7) is 4.32. The van der Waals surface area contributed by atoms with E-state index in [2.05, 4.69) is 0 Å². The third-order valence-electron chi connectivity index (χ3n) is 1.89. The van der Waals surface area contributed by atoms with Gasteiger partial charge in [-0.15, -0.1) is 11.6 Å². The maximum absolute atomic E-state index is 12.0. The number of hydrogen-bond donors (Lipinski definition) is 0. The molecule has 1 rings (SSSR count). The molecule has 1 saturated heterocycles. The van der Waals surface area contributed by atoms with Gasteiger partial charge in [0.2, 0.25) is 0 Å². The number of ether oxygens (including phenoxy) is 1. The van der Waals surface area contributed by atoms with Gasteiger partial charge < -0.3 is 13.8 Å². The van der Waals surface area contributed by atoms with Crippen LogP contribution in [0.1, 0.15) is 20.3 Å². The number of halogens is 1. The summed E-state index contributed by atoms with van der Waals surface area (Å²) >= 11 is 5.49. The Morgan fingerprint density at radius 1 is 1.57 bits per heavy atom. The monoisotopic (exact) mass is 242 g/mol. The Labute approximate surface area is 89.4 Å². The summed E-state index contributed by atoms with van der Waals surface area (Å²) in [4.78, 5) is 0. The van der Waals surface area contributed by atoms with Crippen LogP contribution in [-0.2, 0) is 18.3 Å². The van der Waals surface area contributed by atoms with E-state index in [1.165, 1.54) is 0 Å². The fraction of sp³-hybridized carbons (Fsp3) is 1.00. The van der Waals surface area contributed by atoms with E-state index < -0.39 is 13.4 Å². The summed E-state index contributed by atoms with van der Waals surface area (Å²) in [5.41, 5.74) is 0. The van der Waals surface area contributed by atoms with Crippen LogP contribution in [0, 0.1) is 0 Å². The van der Waals surface area contributed by atoms with E-state index in [9.17, 15) is 4.57 Å². The van der Waals surface area contributed by atoms with Gasteiger partial charge in [0.25, 0.3) is 0 Å². The highest BCUT2D eigenvalue weighted by Gasteiger charge is 2.39. The van der Waals surface area contributed by atoms with Crippen molar-refractivity contribution >= 4 is 19.2 Å². The van der Waals surface area contributed by atoms with Gasteiger partial charge in [0.1, 0.15) is 0 Å². The summed E-state index contributed by atoms with van der Waals surface area (Å²) in [6.07, 6.45) is 0.490. The zero-order valence-corrected chi connectivity index (χ0v) is 10.1. The van der Waals surface area contributed by atoms with Crippen molar-refractivity contribution in [2.24, 2.45) is 0 Å². The average Bonchev–Trinajstić information content (AvgIpc) is 2.13. The van der Waals surface area contributed by atoms with Gasteiger partial charge in [0.15, 0.2) is 5.85 Å². The van der Waals surface area contributed by atoms with Gasteiger partial charge >= 0.3 is 7.60 Å². The minimum Gasteiger partial charge on any atom is -0.363 e. The van der Waals surface area contributed by atoms with Crippen LogP contribution in [0.4, 0.5) is 0 Å². The van der Waals surface area contributed by atoms with Crippen molar-refractivity contribution in [3.05, 3.63) is 0 Å². The fourth-order valence-electron chi connectivity index (χ4n) is 1.11. The second-order valence-electron chi connectivity index (χ2n) is 3.26. The van der Waals surface area contributed by atoms with Crippen LogP contribution in [0.15, 0.2) is 0 Å². The second-order valence-corrected chi connectivity index (χ2v) is 5.92. The summed E-state index contributed by atoms with van der Waals surface area (Å²) in [6, 6.07) is 0. The first kappa shape index (κ1) is 12.5. The van der Waals surface area contributed by atoms with Gasteiger partial charge in [-0.05, 0) is 20.3 Å². The van der Waals surface area contributed by atoms with Gasteiger partial charge in [-0.3, -0.25) is 4.57 Å². The van der Waals surface area contributed by atoms with Crippen molar-refractivity contribution < 1.29 is 18.3 Å². The molecule has 0 spiro atoms. The topological polar surface area (TPSA) is 44.8 Å². The Hall–Kier alpha value is 0.400. The van der Waals surface area contributed by atoms with Crippen LogP contribution >= 0.6 is 19.2 Å². The zero-order chi connectivity index (χ0) is 10.6. The van der Waals surface area contributed by atoms with Crippen LogP contribution in [0.2, 0.25) is 0 Å². The summed E-state index contributed by atoms with van der Waals surface area (Å²) in [7, 11) is -3.07. The Balaban J connectivity index is 2.47. The van der Waals surface area contributed by atoms with Gasteiger partial charge in [-0.1, -0.05) is 0 Å². The molecule has 0 aromatic carbocycles. The van der Waals surface area contributed by atoms with E-state index in [4.69, 9.17) is 25.4 Å². The van der Waals surface area contributed by atoms with Gasteiger partial charge in [0.05, 0.1) is 19.3 Å². The normalized spacial score (nSPS) is 38.5. The second kappa shape index (κ2) is 5.47. The molecule has 14 heavy (non-hydrogen) atoms. The Morgan fingerprint density at radius 2 is 2.29 bits per heavy atom. The van der Waals surface area contributed by atoms with E-state index >= 15 is 0 Å². The molecule has 84 valence electrons. The van der Waals surface area contributed by atoms with Crippen LogP contribution in [-0.4, -0.2) is 31.0 Å².